The van der Waals surface area contributed by atoms with Crippen molar-refractivity contribution in [1.82, 2.24) is 4.98 Å². The summed E-state index contributed by atoms with van der Waals surface area (Å²) in [5.74, 6) is 0. The van der Waals surface area contributed by atoms with Gasteiger partial charge >= 0.3 is 0 Å². The topological polar surface area (TPSA) is 50.9 Å². The quantitative estimate of drug-likeness (QED) is 0.666. The molecular formula is C17H16ClN3. The van der Waals surface area contributed by atoms with Crippen molar-refractivity contribution in [3.05, 3.63) is 58.7 Å². The number of hydrogen-bond acceptors (Lipinski definition) is 3. The first-order valence-corrected chi connectivity index (χ1v) is 7.11. The number of hydrogen-bond donors (Lipinski definition) is 2. The van der Waals surface area contributed by atoms with Crippen LogP contribution in [-0.4, -0.2) is 4.98 Å². The van der Waals surface area contributed by atoms with Crippen molar-refractivity contribution in [3.8, 4) is 0 Å². The Labute approximate surface area is 128 Å². The van der Waals surface area contributed by atoms with Crippen LogP contribution in [0.25, 0.3) is 10.9 Å². The molecule has 0 atom stereocenters. The van der Waals surface area contributed by atoms with Crippen molar-refractivity contribution in [2.75, 3.05) is 11.1 Å². The molecule has 21 heavy (non-hydrogen) atoms. The van der Waals surface area contributed by atoms with Crippen molar-refractivity contribution in [3.63, 3.8) is 0 Å². The lowest BCUT2D eigenvalue weighted by Gasteiger charge is -2.13. The second-order valence-electron chi connectivity index (χ2n) is 5.20. The van der Waals surface area contributed by atoms with Crippen molar-refractivity contribution >= 4 is 39.6 Å². The molecule has 2 aromatic carbocycles. The van der Waals surface area contributed by atoms with E-state index in [1.165, 1.54) is 0 Å². The highest BCUT2D eigenvalue weighted by Crippen LogP contribution is 2.31. The van der Waals surface area contributed by atoms with E-state index in [0.717, 1.165) is 33.5 Å². The minimum atomic E-state index is 0.687. The molecule has 0 amide bonds. The summed E-state index contributed by atoms with van der Waals surface area (Å²) < 4.78 is 0. The van der Waals surface area contributed by atoms with Crippen LogP contribution in [0.15, 0.2) is 42.5 Å². The summed E-state index contributed by atoms with van der Waals surface area (Å²) in [6, 6.07) is 13.6. The zero-order valence-electron chi connectivity index (χ0n) is 11.9. The molecule has 3 aromatic rings. The fraction of sp³-hybridized carbons (Fsp3) is 0.118. The summed E-state index contributed by atoms with van der Waals surface area (Å²) in [6.45, 7) is 4.01. The zero-order valence-corrected chi connectivity index (χ0v) is 12.7. The second kappa shape index (κ2) is 5.26. The third kappa shape index (κ3) is 2.78. The highest BCUT2D eigenvalue weighted by Gasteiger charge is 2.07. The van der Waals surface area contributed by atoms with E-state index in [-0.39, 0.29) is 0 Å². The number of benzene rings is 2. The number of halogens is 1. The lowest BCUT2D eigenvalue weighted by Crippen LogP contribution is -1.96. The van der Waals surface area contributed by atoms with Crippen LogP contribution in [0.5, 0.6) is 0 Å². The van der Waals surface area contributed by atoms with E-state index in [4.69, 9.17) is 17.3 Å². The van der Waals surface area contributed by atoms with Gasteiger partial charge in [0.05, 0.1) is 16.2 Å². The number of nitrogens with two attached hydrogens (primary N) is 1. The van der Waals surface area contributed by atoms with E-state index in [1.54, 1.807) is 0 Å². The van der Waals surface area contributed by atoms with Gasteiger partial charge in [-0.05, 0) is 55.8 Å². The van der Waals surface area contributed by atoms with Crippen LogP contribution in [0.4, 0.5) is 17.1 Å². The van der Waals surface area contributed by atoms with Crippen LogP contribution >= 0.6 is 11.6 Å². The molecule has 0 unspecified atom stereocenters. The molecule has 0 saturated heterocycles. The highest BCUT2D eigenvalue weighted by molar-refractivity contribution is 6.33. The third-order valence-electron chi connectivity index (χ3n) is 3.35. The van der Waals surface area contributed by atoms with E-state index in [2.05, 4.69) is 10.3 Å². The summed E-state index contributed by atoms with van der Waals surface area (Å²) in [5, 5.41) is 5.07. The average Bonchev–Trinajstić information content (AvgIpc) is 2.43. The van der Waals surface area contributed by atoms with Gasteiger partial charge in [-0.3, -0.25) is 4.98 Å². The Balaban J connectivity index is 2.15. The van der Waals surface area contributed by atoms with E-state index >= 15 is 0 Å². The predicted octanol–water partition coefficient (Wildman–Crippen LogP) is 4.83. The lowest BCUT2D eigenvalue weighted by molar-refractivity contribution is 1.25. The lowest BCUT2D eigenvalue weighted by atomic mass is 10.1. The first-order valence-electron chi connectivity index (χ1n) is 6.73. The van der Waals surface area contributed by atoms with Gasteiger partial charge < -0.3 is 11.1 Å². The molecule has 3 rings (SSSR count). The molecule has 0 bridgehead atoms. The molecule has 3 nitrogen and oxygen atoms in total. The first kappa shape index (κ1) is 13.7. The van der Waals surface area contributed by atoms with Gasteiger partial charge in [-0.2, -0.15) is 0 Å². The monoisotopic (exact) mass is 297 g/mol. The van der Waals surface area contributed by atoms with Gasteiger partial charge in [-0.15, -0.1) is 0 Å². The molecule has 0 aliphatic rings. The van der Waals surface area contributed by atoms with Gasteiger partial charge in [-0.25, -0.2) is 0 Å². The molecule has 0 spiro atoms. The normalized spacial score (nSPS) is 10.8. The standard InChI is InChI=1S/C17H16ClN3/c1-10-3-5-14(18)17(7-10)21-16-8-11(2)20-15-6-4-12(19)9-13(15)16/h3-9H,19H2,1-2H3,(H,20,21). The fourth-order valence-electron chi connectivity index (χ4n) is 2.36. The van der Waals surface area contributed by atoms with Crippen LogP contribution in [0.1, 0.15) is 11.3 Å². The van der Waals surface area contributed by atoms with Crippen LogP contribution in [0, 0.1) is 13.8 Å². The predicted molar refractivity (Wildman–Crippen MR) is 90.4 cm³/mol. The van der Waals surface area contributed by atoms with Crippen LogP contribution in [0.3, 0.4) is 0 Å². The molecule has 0 saturated carbocycles. The van der Waals surface area contributed by atoms with Gasteiger partial charge in [0.25, 0.3) is 0 Å². The number of aromatic nitrogens is 1. The van der Waals surface area contributed by atoms with E-state index in [9.17, 15) is 0 Å². The molecule has 1 heterocycles. The number of fused-ring (bicyclic) bond motifs is 1. The Morgan fingerprint density at radius 3 is 2.62 bits per heavy atom. The van der Waals surface area contributed by atoms with Gasteiger partial charge in [0.15, 0.2) is 0 Å². The summed E-state index contributed by atoms with van der Waals surface area (Å²) >= 11 is 6.27. The van der Waals surface area contributed by atoms with Crippen molar-refractivity contribution in [2.24, 2.45) is 0 Å². The molecule has 0 aliphatic heterocycles. The molecule has 106 valence electrons. The van der Waals surface area contributed by atoms with Crippen molar-refractivity contribution in [1.29, 1.82) is 0 Å². The molecule has 4 heteroatoms. The van der Waals surface area contributed by atoms with Crippen molar-refractivity contribution < 1.29 is 0 Å². The molecule has 0 fully saturated rings. The Kier molecular flexibility index (Phi) is 3.43. The highest BCUT2D eigenvalue weighted by atomic mass is 35.5. The maximum atomic E-state index is 6.27. The Morgan fingerprint density at radius 2 is 1.81 bits per heavy atom. The number of rotatable bonds is 2. The fourth-order valence-corrected chi connectivity index (χ4v) is 2.52. The zero-order chi connectivity index (χ0) is 15.0. The maximum Gasteiger partial charge on any atom is 0.0727 e. The Hall–Kier alpha value is -2.26. The molecule has 3 N–H and O–H groups in total. The van der Waals surface area contributed by atoms with E-state index in [1.807, 2.05) is 56.3 Å². The number of pyridine rings is 1. The minimum absolute atomic E-state index is 0.687. The van der Waals surface area contributed by atoms with Crippen molar-refractivity contribution in [2.45, 2.75) is 13.8 Å². The van der Waals surface area contributed by atoms with Crippen LogP contribution in [0.2, 0.25) is 5.02 Å². The Bertz CT molecular complexity index is 828. The van der Waals surface area contributed by atoms with Gasteiger partial charge in [0.2, 0.25) is 0 Å². The Morgan fingerprint density at radius 1 is 1.00 bits per heavy atom. The minimum Gasteiger partial charge on any atom is -0.399 e. The van der Waals surface area contributed by atoms with Gasteiger partial charge in [0, 0.05) is 22.5 Å². The average molecular weight is 298 g/mol. The molecule has 1 aromatic heterocycles. The SMILES string of the molecule is Cc1ccc(Cl)c(Nc2cc(C)nc3ccc(N)cc23)c1. The largest absolute Gasteiger partial charge is 0.399 e. The van der Waals surface area contributed by atoms with Gasteiger partial charge in [-0.1, -0.05) is 17.7 Å². The summed E-state index contributed by atoms with van der Waals surface area (Å²) in [5.41, 5.74) is 11.5. The van der Waals surface area contributed by atoms with Crippen LogP contribution in [-0.2, 0) is 0 Å². The maximum absolute atomic E-state index is 6.27. The summed E-state index contributed by atoms with van der Waals surface area (Å²) in [4.78, 5) is 4.53. The third-order valence-corrected chi connectivity index (χ3v) is 3.68. The number of aryl methyl sites for hydroxylation is 2. The van der Waals surface area contributed by atoms with Crippen LogP contribution < -0.4 is 11.1 Å². The van der Waals surface area contributed by atoms with E-state index < -0.39 is 0 Å². The number of nitrogen functional groups attached to an aromatic ring is 1. The molecule has 0 radical (unpaired) electrons. The number of nitrogens with zero attached hydrogens (tertiary/aromatic N) is 1. The second-order valence-corrected chi connectivity index (χ2v) is 5.60. The first-order chi connectivity index (χ1) is 10.0. The summed E-state index contributed by atoms with van der Waals surface area (Å²) in [6.07, 6.45) is 0. The number of anilines is 3. The van der Waals surface area contributed by atoms with E-state index in [0.29, 0.717) is 10.7 Å². The number of nitrogens with one attached hydrogen (secondary N) is 1. The molecular weight excluding hydrogens is 282 g/mol. The smallest absolute Gasteiger partial charge is 0.0727 e. The van der Waals surface area contributed by atoms with Gasteiger partial charge in [0.1, 0.15) is 0 Å². The molecule has 0 aliphatic carbocycles. The summed E-state index contributed by atoms with van der Waals surface area (Å²) in [7, 11) is 0.